The van der Waals surface area contributed by atoms with E-state index in [1.807, 2.05) is 0 Å². The van der Waals surface area contributed by atoms with Gasteiger partial charge in [0, 0.05) is 0 Å². The molecule has 0 bridgehead atoms. The highest BCUT2D eigenvalue weighted by Crippen LogP contribution is 2.14. The summed E-state index contributed by atoms with van der Waals surface area (Å²) in [5.74, 6) is -0.440. The van der Waals surface area contributed by atoms with Gasteiger partial charge in [-0.25, -0.2) is 0 Å². The molecule has 0 radical (unpaired) electrons. The summed E-state index contributed by atoms with van der Waals surface area (Å²) in [7, 11) is 0. The van der Waals surface area contributed by atoms with Gasteiger partial charge in [0.15, 0.2) is 0 Å². The van der Waals surface area contributed by atoms with Crippen molar-refractivity contribution < 1.29 is 14.6 Å². The average Bonchev–Trinajstić information content (AvgIpc) is 2.71. The van der Waals surface area contributed by atoms with Crippen LogP contribution in [0.5, 0.6) is 0 Å². The zero-order valence-electron chi connectivity index (χ0n) is 5.07. The number of aliphatic hydroxyl groups excluding tert-OH is 1. The lowest BCUT2D eigenvalue weighted by Gasteiger charge is -1.87. The van der Waals surface area contributed by atoms with E-state index in [4.69, 9.17) is 10.4 Å². The van der Waals surface area contributed by atoms with Crippen LogP contribution >= 0.6 is 0 Å². The Kier molecular flexibility index (Phi) is 1.69. The molecule has 0 saturated carbocycles. The zero-order valence-corrected chi connectivity index (χ0v) is 5.07. The predicted molar refractivity (Wildman–Crippen MR) is 31.1 cm³/mol. The highest BCUT2D eigenvalue weighted by molar-refractivity contribution is 6.03. The van der Waals surface area contributed by atoms with Crippen molar-refractivity contribution in [2.24, 2.45) is 0 Å². The molecule has 1 N–H and O–H groups in total. The molecule has 0 spiro atoms. The van der Waals surface area contributed by atoms with Crippen LogP contribution in [0.25, 0.3) is 0 Å². The lowest BCUT2D eigenvalue weighted by molar-refractivity contribution is -0.116. The number of nitrogens with zero attached hydrogens (tertiary/aromatic N) is 1. The fourth-order valence-corrected chi connectivity index (χ4v) is 0.521. The lowest BCUT2D eigenvalue weighted by Crippen LogP contribution is -2.08. The van der Waals surface area contributed by atoms with Crippen LogP contribution < -0.4 is 0 Å². The van der Waals surface area contributed by atoms with Gasteiger partial charge in [0.25, 0.3) is 0 Å². The van der Waals surface area contributed by atoms with Gasteiger partial charge in [-0.05, 0) is 0 Å². The maximum atomic E-state index is 10.8. The summed E-state index contributed by atoms with van der Waals surface area (Å²) in [6, 6.07) is 1.55. The Morgan fingerprint density at radius 1 is 1.90 bits per heavy atom. The Morgan fingerprint density at radius 3 is 2.80 bits per heavy atom. The minimum Gasteiger partial charge on any atom is -0.514 e. The number of hydrogen-bond donors (Lipinski definition) is 1. The van der Waals surface area contributed by atoms with Gasteiger partial charge in [-0.1, -0.05) is 0 Å². The van der Waals surface area contributed by atoms with Gasteiger partial charge in [0.1, 0.15) is 24.0 Å². The molecule has 52 valence electrons. The van der Waals surface area contributed by atoms with Crippen LogP contribution in [0.15, 0.2) is 11.8 Å². The summed E-state index contributed by atoms with van der Waals surface area (Å²) < 4.78 is 4.60. The number of Topliss-reactive ketones (excluding diaryl/α,β-unsaturated/α-hetero) is 1. The predicted octanol–water partition coefficient (Wildman–Crippen LogP) is -0.0802. The molecule has 1 unspecified atom stereocenters. The molecule has 1 aliphatic rings. The normalized spacial score (nSPS) is 23.5. The molecular weight excluding hydrogens is 134 g/mol. The van der Waals surface area contributed by atoms with Gasteiger partial charge in [-0.2, -0.15) is 5.26 Å². The average molecular weight is 139 g/mol. The fraction of sp³-hybridized carbons (Fsp3) is 0.333. The van der Waals surface area contributed by atoms with Crippen LogP contribution in [-0.4, -0.2) is 23.6 Å². The number of rotatable bonds is 2. The Hall–Kier alpha value is -1.34. The lowest BCUT2D eigenvalue weighted by atomic mass is 10.2. The van der Waals surface area contributed by atoms with E-state index in [0.29, 0.717) is 12.9 Å². The molecule has 1 saturated heterocycles. The van der Waals surface area contributed by atoms with Gasteiger partial charge in [0.2, 0.25) is 5.78 Å². The number of ketones is 1. The molecule has 0 aromatic carbocycles. The van der Waals surface area contributed by atoms with Crippen molar-refractivity contribution in [3.63, 3.8) is 0 Å². The van der Waals surface area contributed by atoms with E-state index in [9.17, 15) is 4.79 Å². The molecule has 0 aliphatic carbocycles. The number of epoxide rings is 1. The molecule has 1 fully saturated rings. The van der Waals surface area contributed by atoms with E-state index in [2.05, 4.69) is 4.74 Å². The molecule has 4 nitrogen and oxygen atoms in total. The molecule has 1 aliphatic heterocycles. The Bertz CT molecular complexity index is 222. The van der Waals surface area contributed by atoms with Crippen LogP contribution in [-0.2, 0) is 9.53 Å². The SMILES string of the molecule is N#C/C(=C/O)C(=O)C1CO1. The smallest absolute Gasteiger partial charge is 0.207 e. The van der Waals surface area contributed by atoms with Crippen LogP contribution in [0.3, 0.4) is 0 Å². The monoisotopic (exact) mass is 139 g/mol. The van der Waals surface area contributed by atoms with Crippen LogP contribution in [0.2, 0.25) is 0 Å². The molecule has 0 aromatic rings. The summed E-state index contributed by atoms with van der Waals surface area (Å²) in [5, 5.41) is 16.5. The van der Waals surface area contributed by atoms with E-state index < -0.39 is 11.9 Å². The second kappa shape index (κ2) is 2.50. The molecule has 0 amide bonds. The van der Waals surface area contributed by atoms with Crippen molar-refractivity contribution in [2.45, 2.75) is 6.10 Å². The Labute approximate surface area is 57.3 Å². The van der Waals surface area contributed by atoms with Crippen molar-refractivity contribution in [2.75, 3.05) is 6.61 Å². The van der Waals surface area contributed by atoms with Crippen LogP contribution in [0, 0.1) is 11.3 Å². The second-order valence-electron chi connectivity index (χ2n) is 1.84. The molecule has 0 aromatic heterocycles. The minimum absolute atomic E-state index is 0.248. The number of hydrogen-bond acceptors (Lipinski definition) is 4. The number of carbonyl (C=O) groups is 1. The molecule has 1 heterocycles. The minimum atomic E-state index is -0.488. The first-order valence-electron chi connectivity index (χ1n) is 2.70. The number of ether oxygens (including phenoxy) is 1. The first kappa shape index (κ1) is 6.78. The Morgan fingerprint density at radius 2 is 2.50 bits per heavy atom. The van der Waals surface area contributed by atoms with Gasteiger partial charge >= 0.3 is 0 Å². The third-order valence-corrected chi connectivity index (χ3v) is 1.14. The quantitative estimate of drug-likeness (QED) is 0.251. The first-order valence-corrected chi connectivity index (χ1v) is 2.70. The van der Waals surface area contributed by atoms with E-state index in [0.717, 1.165) is 0 Å². The molecule has 1 atom stereocenters. The van der Waals surface area contributed by atoms with Crippen molar-refractivity contribution in [3.05, 3.63) is 11.8 Å². The van der Waals surface area contributed by atoms with Gasteiger partial charge in [-0.3, -0.25) is 4.79 Å². The summed E-state index contributed by atoms with van der Waals surface area (Å²) in [6.45, 7) is 0.359. The largest absolute Gasteiger partial charge is 0.514 e. The van der Waals surface area contributed by atoms with Crippen molar-refractivity contribution >= 4 is 5.78 Å². The van der Waals surface area contributed by atoms with Crippen LogP contribution in [0.4, 0.5) is 0 Å². The van der Waals surface area contributed by atoms with E-state index in [1.54, 1.807) is 6.07 Å². The third kappa shape index (κ3) is 1.14. The summed E-state index contributed by atoms with van der Waals surface area (Å²) in [5.41, 5.74) is -0.248. The summed E-state index contributed by atoms with van der Waals surface area (Å²) in [4.78, 5) is 10.8. The van der Waals surface area contributed by atoms with E-state index >= 15 is 0 Å². The van der Waals surface area contributed by atoms with E-state index in [1.165, 1.54) is 0 Å². The Balaban J connectivity index is 2.63. The van der Waals surface area contributed by atoms with Crippen molar-refractivity contribution in [3.8, 4) is 6.07 Å². The van der Waals surface area contributed by atoms with Crippen LogP contribution in [0.1, 0.15) is 0 Å². The zero-order chi connectivity index (χ0) is 7.56. The maximum absolute atomic E-state index is 10.8. The third-order valence-electron chi connectivity index (χ3n) is 1.14. The topological polar surface area (TPSA) is 73.6 Å². The highest BCUT2D eigenvalue weighted by atomic mass is 16.6. The van der Waals surface area contributed by atoms with Gasteiger partial charge in [0.05, 0.1) is 6.61 Å². The molecular formula is C6H5NO3. The maximum Gasteiger partial charge on any atom is 0.207 e. The number of nitriles is 1. The first-order chi connectivity index (χ1) is 4.79. The van der Waals surface area contributed by atoms with Crippen molar-refractivity contribution in [1.29, 1.82) is 5.26 Å². The van der Waals surface area contributed by atoms with Gasteiger partial charge < -0.3 is 9.84 Å². The molecule has 4 heteroatoms. The molecule has 1 rings (SSSR count). The summed E-state index contributed by atoms with van der Waals surface area (Å²) >= 11 is 0. The molecule has 10 heavy (non-hydrogen) atoms. The number of aliphatic hydroxyl groups is 1. The van der Waals surface area contributed by atoms with Crippen molar-refractivity contribution in [1.82, 2.24) is 0 Å². The van der Waals surface area contributed by atoms with E-state index in [-0.39, 0.29) is 5.57 Å². The standard InChI is InChI=1S/C6H5NO3/c7-1-4(2-8)6(9)5-3-10-5/h2,5,8H,3H2/b4-2-. The number of carbonyl (C=O) groups excluding carboxylic acids is 1. The summed E-state index contributed by atoms with van der Waals surface area (Å²) in [6.07, 6.45) is 0.0161. The second-order valence-corrected chi connectivity index (χ2v) is 1.84. The fourth-order valence-electron chi connectivity index (χ4n) is 0.521. The van der Waals surface area contributed by atoms with Gasteiger partial charge in [-0.15, -0.1) is 0 Å². The highest BCUT2D eigenvalue weighted by Gasteiger charge is 2.33.